The van der Waals surface area contributed by atoms with Crippen LogP contribution in [0.4, 0.5) is 13.2 Å². The Kier molecular flexibility index (Phi) is 6.85. The van der Waals surface area contributed by atoms with Gasteiger partial charge in [0.25, 0.3) is 10.2 Å². The summed E-state index contributed by atoms with van der Waals surface area (Å²) in [6, 6.07) is 4.72. The second-order valence-corrected chi connectivity index (χ2v) is 9.32. The minimum atomic E-state index is -4.44. The molecule has 0 N–H and O–H groups in total. The van der Waals surface area contributed by atoms with Gasteiger partial charge in [0.05, 0.1) is 5.56 Å². The quantitative estimate of drug-likeness (QED) is 0.656. The minimum absolute atomic E-state index is 0.192. The zero-order chi connectivity index (χ0) is 21.9. The van der Waals surface area contributed by atoms with Crippen molar-refractivity contribution in [3.05, 3.63) is 41.5 Å². The third-order valence-corrected chi connectivity index (χ3v) is 7.33. The summed E-state index contributed by atoms with van der Waals surface area (Å²) in [5.41, 5.74) is -0.505. The molecule has 0 saturated carbocycles. The molecule has 0 bridgehead atoms. The summed E-state index contributed by atoms with van der Waals surface area (Å²) in [6.07, 6.45) is -1.88. The molecule has 1 amide bonds. The summed E-state index contributed by atoms with van der Waals surface area (Å²) in [6.45, 7) is 3.10. The van der Waals surface area contributed by atoms with E-state index in [0.29, 0.717) is 26.2 Å². The summed E-state index contributed by atoms with van der Waals surface area (Å²) in [4.78, 5) is 15.9. The Bertz CT molecular complexity index is 889. The van der Waals surface area contributed by atoms with E-state index >= 15 is 0 Å². The summed E-state index contributed by atoms with van der Waals surface area (Å²) >= 11 is 0. The van der Waals surface area contributed by atoms with Gasteiger partial charge in [-0.1, -0.05) is 12.1 Å². The fourth-order valence-corrected chi connectivity index (χ4v) is 4.99. The number of carbonyl (C=O) groups excluding carboxylic acids is 1. The Morgan fingerprint density at radius 3 is 2.10 bits per heavy atom. The summed E-state index contributed by atoms with van der Waals surface area (Å²) < 4.78 is 66.8. The molecule has 30 heavy (non-hydrogen) atoms. The van der Waals surface area contributed by atoms with Crippen molar-refractivity contribution in [2.45, 2.75) is 6.18 Å². The van der Waals surface area contributed by atoms with Crippen LogP contribution < -0.4 is 0 Å². The van der Waals surface area contributed by atoms with Crippen molar-refractivity contribution in [3.8, 4) is 0 Å². The molecule has 0 radical (unpaired) electrons. The van der Waals surface area contributed by atoms with Crippen molar-refractivity contribution in [2.75, 3.05) is 59.4 Å². The number of likely N-dealkylation sites (N-methyl/N-ethyl adjacent to an activating group) is 1. The lowest BCUT2D eigenvalue weighted by Gasteiger charge is -2.38. The van der Waals surface area contributed by atoms with E-state index in [0.717, 1.165) is 12.1 Å². The van der Waals surface area contributed by atoms with Crippen LogP contribution in [0.3, 0.4) is 0 Å². The Morgan fingerprint density at radius 1 is 0.967 bits per heavy atom. The van der Waals surface area contributed by atoms with Crippen molar-refractivity contribution in [1.82, 2.24) is 18.4 Å². The van der Waals surface area contributed by atoms with Crippen molar-refractivity contribution in [2.24, 2.45) is 0 Å². The largest absolute Gasteiger partial charge is 0.416 e. The minimum Gasteiger partial charge on any atom is -0.337 e. The van der Waals surface area contributed by atoms with E-state index < -0.39 is 21.9 Å². The predicted molar refractivity (Wildman–Crippen MR) is 107 cm³/mol. The number of benzene rings is 1. The third kappa shape index (κ3) is 5.39. The lowest BCUT2D eigenvalue weighted by molar-refractivity contribution is -0.137. The molecule has 1 aromatic carbocycles. The zero-order valence-electron chi connectivity index (χ0n) is 16.7. The number of carbonyl (C=O) groups is 1. The summed E-state index contributed by atoms with van der Waals surface area (Å²) in [5, 5.41) is 0. The van der Waals surface area contributed by atoms with Gasteiger partial charge in [-0.25, -0.2) is 0 Å². The van der Waals surface area contributed by atoms with E-state index in [1.54, 1.807) is 0 Å². The smallest absolute Gasteiger partial charge is 0.337 e. The molecule has 2 fully saturated rings. The Balaban J connectivity index is 1.56. The third-order valence-electron chi connectivity index (χ3n) is 5.30. The van der Waals surface area contributed by atoms with Gasteiger partial charge in [-0.05, 0) is 30.8 Å². The van der Waals surface area contributed by atoms with Crippen LogP contribution in [0, 0.1) is 0 Å². The molecule has 0 atom stereocenters. The van der Waals surface area contributed by atoms with Gasteiger partial charge in [-0.2, -0.15) is 30.2 Å². The molecular formula is C19H25F3N4O3S. The fraction of sp³-hybridized carbons (Fsp3) is 0.526. The van der Waals surface area contributed by atoms with Gasteiger partial charge in [-0.3, -0.25) is 4.79 Å². The van der Waals surface area contributed by atoms with E-state index in [4.69, 9.17) is 0 Å². The number of piperazine rings is 2. The van der Waals surface area contributed by atoms with E-state index in [2.05, 4.69) is 4.90 Å². The number of nitrogens with zero attached hydrogens (tertiary/aromatic N) is 4. The standard InChI is InChI=1S/C19H25F3N4O3S/c1-23-7-11-25(12-8-23)30(28,29)26-13-9-24(10-14-26)18(27)6-5-16-3-2-4-17(15-16)19(20,21)22/h2-6,15H,7-14H2,1H3/b6-5+. The van der Waals surface area contributed by atoms with Crippen LogP contribution in [0.5, 0.6) is 0 Å². The van der Waals surface area contributed by atoms with Gasteiger partial charge in [0.15, 0.2) is 0 Å². The maximum absolute atomic E-state index is 12.8. The lowest BCUT2D eigenvalue weighted by Crippen LogP contribution is -2.57. The molecule has 0 aromatic heterocycles. The highest BCUT2D eigenvalue weighted by molar-refractivity contribution is 7.86. The van der Waals surface area contributed by atoms with Gasteiger partial charge in [0, 0.05) is 58.4 Å². The van der Waals surface area contributed by atoms with E-state index in [-0.39, 0.29) is 37.6 Å². The summed E-state index contributed by atoms with van der Waals surface area (Å²) in [5.74, 6) is -0.357. The number of amides is 1. The first kappa shape index (κ1) is 22.7. The van der Waals surface area contributed by atoms with Crippen LogP contribution in [0.1, 0.15) is 11.1 Å². The van der Waals surface area contributed by atoms with Crippen LogP contribution in [-0.2, 0) is 21.2 Å². The molecule has 0 spiro atoms. The first-order valence-corrected chi connectivity index (χ1v) is 11.0. The van der Waals surface area contributed by atoms with E-state index in [1.165, 1.54) is 37.8 Å². The molecule has 166 valence electrons. The van der Waals surface area contributed by atoms with Crippen LogP contribution in [0.25, 0.3) is 6.08 Å². The van der Waals surface area contributed by atoms with Gasteiger partial charge in [0.1, 0.15) is 0 Å². The number of alkyl halides is 3. The maximum Gasteiger partial charge on any atom is 0.416 e. The van der Waals surface area contributed by atoms with Crippen LogP contribution >= 0.6 is 0 Å². The highest BCUT2D eigenvalue weighted by Gasteiger charge is 2.34. The average Bonchev–Trinajstić information content (AvgIpc) is 2.72. The molecule has 3 rings (SSSR count). The monoisotopic (exact) mass is 446 g/mol. The van der Waals surface area contributed by atoms with Crippen molar-refractivity contribution < 1.29 is 26.4 Å². The first-order valence-electron chi connectivity index (χ1n) is 9.65. The second kappa shape index (κ2) is 9.04. The highest BCUT2D eigenvalue weighted by Crippen LogP contribution is 2.29. The molecule has 11 heteroatoms. The normalized spacial score (nSPS) is 20.7. The van der Waals surface area contributed by atoms with Gasteiger partial charge >= 0.3 is 6.18 Å². The zero-order valence-corrected chi connectivity index (χ0v) is 17.5. The molecule has 2 aliphatic rings. The molecular weight excluding hydrogens is 421 g/mol. The molecule has 0 unspecified atom stereocenters. The van der Waals surface area contributed by atoms with Gasteiger partial charge in [-0.15, -0.1) is 0 Å². The Morgan fingerprint density at radius 2 is 1.53 bits per heavy atom. The van der Waals surface area contributed by atoms with E-state index in [1.807, 2.05) is 7.05 Å². The second-order valence-electron chi connectivity index (χ2n) is 7.39. The molecule has 1 aromatic rings. The number of hydrogen-bond donors (Lipinski definition) is 0. The van der Waals surface area contributed by atoms with Gasteiger partial charge in [0.2, 0.25) is 5.91 Å². The van der Waals surface area contributed by atoms with Crippen molar-refractivity contribution >= 4 is 22.2 Å². The van der Waals surface area contributed by atoms with Crippen molar-refractivity contribution in [1.29, 1.82) is 0 Å². The number of rotatable bonds is 4. The maximum atomic E-state index is 12.8. The molecule has 2 saturated heterocycles. The molecule has 2 heterocycles. The topological polar surface area (TPSA) is 64.2 Å². The SMILES string of the molecule is CN1CCN(S(=O)(=O)N2CCN(C(=O)/C=C/c3cccc(C(F)(F)F)c3)CC2)CC1. The number of halogens is 3. The first-order chi connectivity index (χ1) is 14.1. The Labute approximate surface area is 174 Å². The molecule has 7 nitrogen and oxygen atoms in total. The Hall–Kier alpha value is -1.95. The lowest BCUT2D eigenvalue weighted by atomic mass is 10.1. The predicted octanol–water partition coefficient (Wildman–Crippen LogP) is 1.36. The van der Waals surface area contributed by atoms with Crippen LogP contribution in [-0.4, -0.2) is 92.1 Å². The summed E-state index contributed by atoms with van der Waals surface area (Å²) in [7, 11) is -1.61. The van der Waals surface area contributed by atoms with Crippen LogP contribution in [0.15, 0.2) is 30.3 Å². The molecule has 2 aliphatic heterocycles. The van der Waals surface area contributed by atoms with Crippen LogP contribution in [0.2, 0.25) is 0 Å². The fourth-order valence-electron chi connectivity index (χ4n) is 3.41. The number of hydrogen-bond acceptors (Lipinski definition) is 4. The van der Waals surface area contributed by atoms with E-state index in [9.17, 15) is 26.4 Å². The van der Waals surface area contributed by atoms with Crippen molar-refractivity contribution in [3.63, 3.8) is 0 Å². The molecule has 0 aliphatic carbocycles. The van der Waals surface area contributed by atoms with Gasteiger partial charge < -0.3 is 9.80 Å². The highest BCUT2D eigenvalue weighted by atomic mass is 32.2. The average molecular weight is 446 g/mol.